The number of nitrogens with one attached hydrogen (secondary N) is 2. The molecule has 1 aliphatic heterocycles. The third-order valence-electron chi connectivity index (χ3n) is 5.54. The zero-order valence-corrected chi connectivity index (χ0v) is 20.4. The largest absolute Gasteiger partial charge is 0.492 e. The van der Waals surface area contributed by atoms with Gasteiger partial charge in [-0.3, -0.25) is 9.89 Å². The van der Waals surface area contributed by atoms with E-state index in [2.05, 4.69) is 20.5 Å². The molecule has 1 atom stereocenters. The molecule has 7 nitrogen and oxygen atoms in total. The zero-order valence-electron chi connectivity index (χ0n) is 17.3. The van der Waals surface area contributed by atoms with Crippen molar-refractivity contribution < 1.29 is 13.2 Å². The molecular weight excluding hydrogens is 503 g/mol. The fourth-order valence-corrected chi connectivity index (χ4v) is 4.65. The van der Waals surface area contributed by atoms with Crippen molar-refractivity contribution in [3.63, 3.8) is 0 Å². The third kappa shape index (κ3) is 7.29. The minimum atomic E-state index is -3.18. The van der Waals surface area contributed by atoms with Gasteiger partial charge in [0.1, 0.15) is 12.4 Å². The van der Waals surface area contributed by atoms with Crippen molar-refractivity contribution in [2.75, 3.05) is 39.5 Å². The minimum Gasteiger partial charge on any atom is -0.492 e. The Morgan fingerprint density at radius 3 is 2.52 bits per heavy atom. The summed E-state index contributed by atoms with van der Waals surface area (Å²) < 4.78 is 28.6. The summed E-state index contributed by atoms with van der Waals surface area (Å²) in [4.78, 5) is 7.23. The molecule has 29 heavy (non-hydrogen) atoms. The Balaban J connectivity index is 0.00000300. The van der Waals surface area contributed by atoms with Gasteiger partial charge in [0.05, 0.1) is 11.4 Å². The van der Waals surface area contributed by atoms with Crippen molar-refractivity contribution in [3.05, 3.63) is 24.3 Å². The normalized spacial score (nSPS) is 21.0. The summed E-state index contributed by atoms with van der Waals surface area (Å²) in [6, 6.07) is 7.71. The van der Waals surface area contributed by atoms with E-state index in [9.17, 15) is 8.42 Å². The molecule has 0 spiro atoms. The lowest BCUT2D eigenvalue weighted by Gasteiger charge is -2.24. The summed E-state index contributed by atoms with van der Waals surface area (Å²) >= 11 is 0. The molecule has 3 rings (SSSR count). The molecule has 0 radical (unpaired) electrons. The van der Waals surface area contributed by atoms with E-state index in [4.69, 9.17) is 4.74 Å². The van der Waals surface area contributed by atoms with E-state index in [1.807, 2.05) is 0 Å². The van der Waals surface area contributed by atoms with Crippen molar-refractivity contribution in [2.45, 2.75) is 49.1 Å². The van der Waals surface area contributed by atoms with E-state index in [1.165, 1.54) is 38.5 Å². The molecule has 164 valence electrons. The Morgan fingerprint density at radius 2 is 1.90 bits per heavy atom. The second-order valence-electron chi connectivity index (χ2n) is 7.65. The van der Waals surface area contributed by atoms with Gasteiger partial charge in [0.15, 0.2) is 15.8 Å². The number of sulfone groups is 1. The van der Waals surface area contributed by atoms with Gasteiger partial charge in [0.2, 0.25) is 0 Å². The number of halogens is 1. The fraction of sp³-hybridized carbons (Fsp3) is 0.650. The first-order chi connectivity index (χ1) is 13.5. The molecule has 0 aromatic heterocycles. The number of hydrogen-bond donors (Lipinski definition) is 2. The van der Waals surface area contributed by atoms with Gasteiger partial charge in [-0.25, -0.2) is 8.42 Å². The first kappa shape index (κ1) is 24.2. The Kier molecular flexibility index (Phi) is 9.48. The molecule has 1 unspecified atom stereocenters. The van der Waals surface area contributed by atoms with E-state index in [-0.39, 0.29) is 24.0 Å². The molecule has 2 N–H and O–H groups in total. The van der Waals surface area contributed by atoms with Crippen molar-refractivity contribution >= 4 is 39.8 Å². The van der Waals surface area contributed by atoms with Crippen LogP contribution in [0.2, 0.25) is 0 Å². The molecule has 1 saturated carbocycles. The van der Waals surface area contributed by atoms with Gasteiger partial charge in [0.25, 0.3) is 0 Å². The number of ether oxygens (including phenoxy) is 1. The lowest BCUT2D eigenvalue weighted by molar-refractivity contribution is 0.242. The number of hydrogen-bond acceptors (Lipinski definition) is 5. The second-order valence-corrected chi connectivity index (χ2v) is 9.67. The number of nitrogens with zero attached hydrogens (tertiary/aromatic N) is 2. The minimum absolute atomic E-state index is 0. The van der Waals surface area contributed by atoms with Crippen molar-refractivity contribution in [1.82, 2.24) is 15.5 Å². The quantitative estimate of drug-likeness (QED) is 0.241. The van der Waals surface area contributed by atoms with Crippen LogP contribution in [0.25, 0.3) is 0 Å². The predicted octanol–water partition coefficient (Wildman–Crippen LogP) is 2.27. The van der Waals surface area contributed by atoms with Gasteiger partial charge in [-0.05, 0) is 43.5 Å². The molecule has 1 saturated heterocycles. The fourth-order valence-electron chi connectivity index (χ4n) is 4.02. The monoisotopic (exact) mass is 536 g/mol. The van der Waals surface area contributed by atoms with Crippen LogP contribution in [0, 0.1) is 0 Å². The van der Waals surface area contributed by atoms with Gasteiger partial charge in [-0.15, -0.1) is 24.0 Å². The van der Waals surface area contributed by atoms with Crippen LogP contribution in [0.5, 0.6) is 5.75 Å². The van der Waals surface area contributed by atoms with Gasteiger partial charge in [-0.1, -0.05) is 12.8 Å². The van der Waals surface area contributed by atoms with Crippen LogP contribution in [-0.4, -0.2) is 70.9 Å². The summed E-state index contributed by atoms with van der Waals surface area (Å²) in [6.07, 6.45) is 7.80. The molecule has 2 aliphatic rings. The molecule has 1 aliphatic carbocycles. The van der Waals surface area contributed by atoms with Crippen LogP contribution >= 0.6 is 24.0 Å². The van der Waals surface area contributed by atoms with Crippen molar-refractivity contribution in [3.8, 4) is 5.75 Å². The molecule has 0 bridgehead atoms. The van der Waals surface area contributed by atoms with Crippen LogP contribution in [0.3, 0.4) is 0 Å². The first-order valence-electron chi connectivity index (χ1n) is 10.1. The maximum Gasteiger partial charge on any atom is 0.191 e. The lowest BCUT2D eigenvalue weighted by Crippen LogP contribution is -2.46. The van der Waals surface area contributed by atoms with Crippen molar-refractivity contribution in [2.24, 2.45) is 4.99 Å². The SMILES string of the molecule is CN=C(NCCOc1ccc(S(C)(=O)=O)cc1)NC1CCN(C2CCCC2)C1.I. The summed E-state index contributed by atoms with van der Waals surface area (Å²) in [5.74, 6) is 1.45. The molecule has 1 aromatic carbocycles. The van der Waals surface area contributed by atoms with E-state index in [0.717, 1.165) is 25.0 Å². The smallest absolute Gasteiger partial charge is 0.191 e. The highest BCUT2D eigenvalue weighted by Gasteiger charge is 2.30. The molecular formula is C20H33IN4O3S. The Hall–Kier alpha value is -1.07. The van der Waals surface area contributed by atoms with E-state index < -0.39 is 9.84 Å². The van der Waals surface area contributed by atoms with Gasteiger partial charge < -0.3 is 15.4 Å². The Labute approximate surface area is 191 Å². The highest BCUT2D eigenvalue weighted by molar-refractivity contribution is 14.0. The topological polar surface area (TPSA) is 83.0 Å². The van der Waals surface area contributed by atoms with E-state index in [0.29, 0.717) is 29.8 Å². The molecule has 9 heteroatoms. The van der Waals surface area contributed by atoms with Crippen LogP contribution in [-0.2, 0) is 9.84 Å². The van der Waals surface area contributed by atoms with Crippen LogP contribution in [0.1, 0.15) is 32.1 Å². The molecule has 2 fully saturated rings. The van der Waals surface area contributed by atoms with Gasteiger partial charge >= 0.3 is 0 Å². The molecule has 0 amide bonds. The lowest BCUT2D eigenvalue weighted by atomic mass is 10.2. The maximum absolute atomic E-state index is 11.5. The first-order valence-corrected chi connectivity index (χ1v) is 12.0. The van der Waals surface area contributed by atoms with Crippen molar-refractivity contribution in [1.29, 1.82) is 0 Å². The van der Waals surface area contributed by atoms with E-state index >= 15 is 0 Å². The Morgan fingerprint density at radius 1 is 1.21 bits per heavy atom. The Bertz CT molecular complexity index is 764. The highest BCUT2D eigenvalue weighted by atomic mass is 127. The van der Waals surface area contributed by atoms with Crippen LogP contribution < -0.4 is 15.4 Å². The average molecular weight is 536 g/mol. The standard InChI is InChI=1S/C20H32N4O3S.HI/c1-21-20(23-16-11-13-24(15-16)17-5-3-4-6-17)22-12-14-27-18-7-9-19(10-8-18)28(2,25)26;/h7-10,16-17H,3-6,11-15H2,1-2H3,(H2,21,22,23);1H. The van der Waals surface area contributed by atoms with Gasteiger partial charge in [-0.2, -0.15) is 0 Å². The summed E-state index contributed by atoms with van der Waals surface area (Å²) in [5.41, 5.74) is 0. The van der Waals surface area contributed by atoms with Crippen LogP contribution in [0.15, 0.2) is 34.2 Å². The third-order valence-corrected chi connectivity index (χ3v) is 6.67. The molecule has 1 aromatic rings. The summed E-state index contributed by atoms with van der Waals surface area (Å²) in [6.45, 7) is 3.35. The van der Waals surface area contributed by atoms with E-state index in [1.54, 1.807) is 31.3 Å². The summed E-state index contributed by atoms with van der Waals surface area (Å²) in [5, 5.41) is 6.80. The maximum atomic E-state index is 11.5. The number of aliphatic imine (C=N–C) groups is 1. The highest BCUT2D eigenvalue weighted by Crippen LogP contribution is 2.26. The molecule has 1 heterocycles. The number of benzene rings is 1. The average Bonchev–Trinajstić information content (AvgIpc) is 3.35. The summed E-state index contributed by atoms with van der Waals surface area (Å²) in [7, 11) is -1.39. The zero-order chi connectivity index (χ0) is 20.0. The number of rotatable bonds is 7. The second kappa shape index (κ2) is 11.4. The number of guanidine groups is 1. The number of likely N-dealkylation sites (tertiary alicyclic amines) is 1. The van der Waals surface area contributed by atoms with Crippen LogP contribution in [0.4, 0.5) is 0 Å². The predicted molar refractivity (Wildman–Crippen MR) is 127 cm³/mol. The van der Waals surface area contributed by atoms with Gasteiger partial charge in [0, 0.05) is 38.5 Å².